The number of alkyl halides is 4. The minimum atomic E-state index is -4.39. The molecule has 1 aromatic carbocycles. The van der Waals surface area contributed by atoms with Gasteiger partial charge in [0.05, 0.1) is 17.1 Å². The van der Waals surface area contributed by atoms with Crippen molar-refractivity contribution >= 4 is 41.5 Å². The number of hydrogen-bond donors (Lipinski definition) is 2. The molecule has 0 bridgehead atoms. The quantitative estimate of drug-likeness (QED) is 0.560. The van der Waals surface area contributed by atoms with E-state index < -0.39 is 24.0 Å². The van der Waals surface area contributed by atoms with Crippen molar-refractivity contribution in [3.8, 4) is 11.1 Å². The molecule has 3 heterocycles. The summed E-state index contributed by atoms with van der Waals surface area (Å²) in [6.07, 6.45) is -2.25. The summed E-state index contributed by atoms with van der Waals surface area (Å²) in [6.45, 7) is 0.781. The van der Waals surface area contributed by atoms with E-state index in [2.05, 4.69) is 20.6 Å². The molecule has 1 aliphatic heterocycles. The molecule has 3 aromatic rings. The van der Waals surface area contributed by atoms with Crippen LogP contribution in [0, 0.1) is 0 Å². The van der Waals surface area contributed by atoms with E-state index in [1.165, 1.54) is 12.1 Å². The molecule has 4 rings (SSSR count). The van der Waals surface area contributed by atoms with Gasteiger partial charge in [0.25, 0.3) is 0 Å². The number of hydrogen-bond acceptors (Lipinski definition) is 4. The average Bonchev–Trinajstić information content (AvgIpc) is 3.06. The van der Waals surface area contributed by atoms with Crippen LogP contribution in [0.2, 0.25) is 0 Å². The van der Waals surface area contributed by atoms with Crippen LogP contribution in [-0.2, 0) is 6.18 Å². The molecular weight excluding hydrogens is 431 g/mol. The van der Waals surface area contributed by atoms with Crippen LogP contribution in [0.4, 0.5) is 23.4 Å². The third-order valence-electron chi connectivity index (χ3n) is 4.63. The van der Waals surface area contributed by atoms with E-state index in [-0.39, 0.29) is 31.4 Å². The highest BCUT2D eigenvalue weighted by Crippen LogP contribution is 2.34. The predicted octanol–water partition coefficient (Wildman–Crippen LogP) is 4.88. The van der Waals surface area contributed by atoms with Crippen molar-refractivity contribution in [1.82, 2.24) is 15.3 Å². The summed E-state index contributed by atoms with van der Waals surface area (Å²) in [5, 5.41) is 6.77. The minimum absolute atomic E-state index is 0. The zero-order chi connectivity index (χ0) is 19.0. The summed E-state index contributed by atoms with van der Waals surface area (Å²) in [6, 6.07) is 8.03. The van der Waals surface area contributed by atoms with Crippen LogP contribution < -0.4 is 10.6 Å². The second-order valence-corrected chi connectivity index (χ2v) is 6.42. The molecule has 0 amide bonds. The molecule has 0 aliphatic carbocycles. The fraction of sp³-hybridized carbons (Fsp3) is 0.263. The van der Waals surface area contributed by atoms with Gasteiger partial charge in [0, 0.05) is 36.4 Å². The van der Waals surface area contributed by atoms with Gasteiger partial charge in [-0.2, -0.15) is 13.2 Å². The smallest absolute Gasteiger partial charge is 0.363 e. The van der Waals surface area contributed by atoms with Crippen LogP contribution in [0.3, 0.4) is 0 Å². The molecule has 0 saturated carbocycles. The summed E-state index contributed by atoms with van der Waals surface area (Å²) < 4.78 is 52.2. The van der Waals surface area contributed by atoms with Crippen LogP contribution in [0.5, 0.6) is 0 Å². The van der Waals surface area contributed by atoms with E-state index in [0.717, 1.165) is 12.1 Å². The van der Waals surface area contributed by atoms with Crippen LogP contribution in [-0.4, -0.2) is 35.3 Å². The SMILES string of the molecule is Cl.Cl.F[C@H]1CNC[C@H]1Nc1ncc(-c2ccc(C(F)(F)F)cc2)c2ncccc12. The van der Waals surface area contributed by atoms with Gasteiger partial charge in [-0.1, -0.05) is 12.1 Å². The molecule has 4 nitrogen and oxygen atoms in total. The number of halogens is 6. The second kappa shape index (κ2) is 9.11. The first-order valence-electron chi connectivity index (χ1n) is 8.46. The molecule has 2 aromatic heterocycles. The van der Waals surface area contributed by atoms with E-state index in [9.17, 15) is 17.6 Å². The maximum Gasteiger partial charge on any atom is 0.416 e. The lowest BCUT2D eigenvalue weighted by Gasteiger charge is -2.17. The Morgan fingerprint density at radius 1 is 1.00 bits per heavy atom. The van der Waals surface area contributed by atoms with Crippen molar-refractivity contribution in [2.24, 2.45) is 0 Å². The van der Waals surface area contributed by atoms with Crippen molar-refractivity contribution in [3.63, 3.8) is 0 Å². The summed E-state index contributed by atoms with van der Waals surface area (Å²) in [5.41, 5.74) is 1.08. The van der Waals surface area contributed by atoms with Crippen LogP contribution in [0.25, 0.3) is 22.0 Å². The Morgan fingerprint density at radius 2 is 1.72 bits per heavy atom. The van der Waals surface area contributed by atoms with Gasteiger partial charge in [-0.05, 0) is 29.8 Å². The Kier molecular flexibility index (Phi) is 7.26. The standard InChI is InChI=1S/C19H16F4N4.2ClH/c20-15-9-24-10-16(15)27-18-13-2-1-7-25-17(13)14(8-26-18)11-3-5-12(6-4-11)19(21,22)23;;/h1-8,15-16,24H,9-10H2,(H,26,27);2*1H/t15-,16+;;/m0../s1. The number of anilines is 1. The number of fused-ring (bicyclic) bond motifs is 1. The first-order chi connectivity index (χ1) is 12.9. The minimum Gasteiger partial charge on any atom is -0.363 e. The zero-order valence-electron chi connectivity index (χ0n) is 14.9. The van der Waals surface area contributed by atoms with E-state index in [1.54, 1.807) is 24.5 Å². The fourth-order valence-corrected chi connectivity index (χ4v) is 3.20. The fourth-order valence-electron chi connectivity index (χ4n) is 3.20. The van der Waals surface area contributed by atoms with Gasteiger partial charge < -0.3 is 10.6 Å². The van der Waals surface area contributed by atoms with Gasteiger partial charge in [-0.3, -0.25) is 4.98 Å². The maximum absolute atomic E-state index is 13.9. The number of nitrogens with zero attached hydrogens (tertiary/aromatic N) is 2. The Morgan fingerprint density at radius 3 is 2.34 bits per heavy atom. The lowest BCUT2D eigenvalue weighted by molar-refractivity contribution is -0.137. The van der Waals surface area contributed by atoms with Crippen molar-refractivity contribution in [2.75, 3.05) is 18.4 Å². The molecule has 29 heavy (non-hydrogen) atoms. The third kappa shape index (κ3) is 4.71. The van der Waals surface area contributed by atoms with Crippen molar-refractivity contribution in [1.29, 1.82) is 0 Å². The molecule has 0 spiro atoms. The largest absolute Gasteiger partial charge is 0.416 e. The van der Waals surface area contributed by atoms with Gasteiger partial charge in [-0.15, -0.1) is 24.8 Å². The molecule has 156 valence electrons. The first kappa shape index (κ1) is 23.1. The van der Waals surface area contributed by atoms with Crippen molar-refractivity contribution < 1.29 is 17.6 Å². The Hall–Kier alpha value is -2.16. The highest BCUT2D eigenvalue weighted by molar-refractivity contribution is 5.99. The molecule has 1 aliphatic rings. The maximum atomic E-state index is 13.9. The van der Waals surface area contributed by atoms with E-state index in [0.29, 0.717) is 34.4 Å². The summed E-state index contributed by atoms with van der Waals surface area (Å²) >= 11 is 0. The molecule has 0 unspecified atom stereocenters. The van der Waals surface area contributed by atoms with Crippen LogP contribution >= 0.6 is 24.8 Å². The van der Waals surface area contributed by atoms with Gasteiger partial charge >= 0.3 is 6.18 Å². The average molecular weight is 449 g/mol. The summed E-state index contributed by atoms with van der Waals surface area (Å²) in [5.74, 6) is 0.505. The van der Waals surface area contributed by atoms with Crippen molar-refractivity contribution in [2.45, 2.75) is 18.4 Å². The lowest BCUT2D eigenvalue weighted by Crippen LogP contribution is -2.29. The zero-order valence-corrected chi connectivity index (χ0v) is 16.5. The molecule has 0 radical (unpaired) electrons. The summed E-state index contributed by atoms with van der Waals surface area (Å²) in [7, 11) is 0. The van der Waals surface area contributed by atoms with Gasteiger partial charge in [0.1, 0.15) is 12.0 Å². The lowest BCUT2D eigenvalue weighted by atomic mass is 10.0. The highest BCUT2D eigenvalue weighted by atomic mass is 35.5. The van der Waals surface area contributed by atoms with Crippen LogP contribution in [0.15, 0.2) is 48.8 Å². The normalized spacial score (nSPS) is 18.8. The molecule has 10 heteroatoms. The van der Waals surface area contributed by atoms with Crippen molar-refractivity contribution in [3.05, 3.63) is 54.4 Å². The summed E-state index contributed by atoms with van der Waals surface area (Å²) in [4.78, 5) is 8.76. The third-order valence-corrected chi connectivity index (χ3v) is 4.63. The predicted molar refractivity (Wildman–Crippen MR) is 110 cm³/mol. The first-order valence-corrected chi connectivity index (χ1v) is 8.46. The molecule has 2 atom stereocenters. The number of rotatable bonds is 3. The number of nitrogens with one attached hydrogen (secondary N) is 2. The Balaban J connectivity index is 0.00000150. The van der Waals surface area contributed by atoms with Crippen LogP contribution in [0.1, 0.15) is 5.56 Å². The molecule has 2 N–H and O–H groups in total. The van der Waals surface area contributed by atoms with E-state index in [4.69, 9.17) is 0 Å². The Labute approximate surface area is 176 Å². The monoisotopic (exact) mass is 448 g/mol. The number of pyridine rings is 2. The Bertz CT molecular complexity index is 967. The van der Waals surface area contributed by atoms with E-state index in [1.807, 2.05) is 0 Å². The highest BCUT2D eigenvalue weighted by Gasteiger charge is 2.30. The van der Waals surface area contributed by atoms with E-state index >= 15 is 0 Å². The van der Waals surface area contributed by atoms with Gasteiger partial charge in [-0.25, -0.2) is 9.37 Å². The number of benzene rings is 1. The second-order valence-electron chi connectivity index (χ2n) is 6.42. The van der Waals surface area contributed by atoms with Gasteiger partial charge in [0.2, 0.25) is 0 Å². The molecule has 1 saturated heterocycles. The molecular formula is C19H18Cl2F4N4. The molecule has 1 fully saturated rings. The number of aromatic nitrogens is 2. The topological polar surface area (TPSA) is 49.8 Å². The van der Waals surface area contributed by atoms with Gasteiger partial charge in [0.15, 0.2) is 0 Å².